The van der Waals surface area contributed by atoms with Crippen molar-refractivity contribution in [2.75, 3.05) is 0 Å². The zero-order valence-corrected chi connectivity index (χ0v) is 8.69. The van der Waals surface area contributed by atoms with Crippen LogP contribution in [0.5, 0.6) is 0 Å². The van der Waals surface area contributed by atoms with Gasteiger partial charge in [-0.2, -0.15) is 0 Å². The Kier molecular flexibility index (Phi) is 5.72. The van der Waals surface area contributed by atoms with E-state index in [4.69, 9.17) is 11.3 Å². The summed E-state index contributed by atoms with van der Waals surface area (Å²) in [6, 6.07) is 9.09. The number of nitrogens with two attached hydrogens (primary N) is 1. The highest BCUT2D eigenvalue weighted by atomic mass is 35.5. The topological polar surface area (TPSA) is 74.8 Å². The van der Waals surface area contributed by atoms with Crippen molar-refractivity contribution in [3.05, 3.63) is 46.3 Å². The summed E-state index contributed by atoms with van der Waals surface area (Å²) in [6.07, 6.45) is 0. The van der Waals surface area contributed by atoms with E-state index in [1.807, 2.05) is 37.3 Å². The summed E-state index contributed by atoms with van der Waals surface area (Å²) >= 11 is 0. The lowest BCUT2D eigenvalue weighted by atomic mass is 10.0. The molecular weight excluding hydrogens is 200 g/mol. The standard InChI is InChI=1S/C9H12N4.ClH/c1-7(10)9(12-13-11)8-5-3-2-4-6-8;/h2-7,9H,10H2,1H3;1H/t7-,9?;/m1./s1. The molecule has 4 nitrogen and oxygen atoms in total. The summed E-state index contributed by atoms with van der Waals surface area (Å²) in [5.41, 5.74) is 15.0. The number of nitrogens with zero attached hydrogens (tertiary/aromatic N) is 3. The van der Waals surface area contributed by atoms with E-state index in [9.17, 15) is 0 Å². The number of rotatable bonds is 3. The Balaban J connectivity index is 0.00000169. The summed E-state index contributed by atoms with van der Waals surface area (Å²) in [5.74, 6) is 0. The molecule has 0 saturated heterocycles. The van der Waals surface area contributed by atoms with Crippen molar-refractivity contribution in [3.8, 4) is 0 Å². The van der Waals surface area contributed by atoms with Crippen LogP contribution in [-0.4, -0.2) is 6.04 Å². The van der Waals surface area contributed by atoms with Gasteiger partial charge >= 0.3 is 0 Å². The molecule has 0 amide bonds. The van der Waals surface area contributed by atoms with Crippen LogP contribution in [0.2, 0.25) is 0 Å². The lowest BCUT2D eigenvalue weighted by molar-refractivity contribution is 0.586. The van der Waals surface area contributed by atoms with Crippen molar-refractivity contribution in [2.24, 2.45) is 10.8 Å². The molecule has 0 saturated carbocycles. The SMILES string of the molecule is C[C@@H](N)C(N=[N+]=[N-])c1ccccc1.Cl. The van der Waals surface area contributed by atoms with Gasteiger partial charge in [-0.25, -0.2) is 0 Å². The Morgan fingerprint density at radius 3 is 2.36 bits per heavy atom. The summed E-state index contributed by atoms with van der Waals surface area (Å²) in [6.45, 7) is 1.83. The minimum absolute atomic E-state index is 0. The molecular formula is C9H13ClN4. The first-order valence-electron chi connectivity index (χ1n) is 4.10. The molecule has 1 unspecified atom stereocenters. The number of hydrogen-bond donors (Lipinski definition) is 1. The average Bonchev–Trinajstić information content (AvgIpc) is 2.15. The van der Waals surface area contributed by atoms with Gasteiger partial charge in [0, 0.05) is 11.0 Å². The van der Waals surface area contributed by atoms with Crippen molar-refractivity contribution in [1.82, 2.24) is 0 Å². The molecule has 0 aromatic heterocycles. The van der Waals surface area contributed by atoms with E-state index in [0.29, 0.717) is 0 Å². The summed E-state index contributed by atoms with van der Waals surface area (Å²) in [5, 5.41) is 3.65. The lowest BCUT2D eigenvalue weighted by Gasteiger charge is -2.14. The van der Waals surface area contributed by atoms with Gasteiger partial charge in [0.25, 0.3) is 0 Å². The van der Waals surface area contributed by atoms with Crippen LogP contribution in [0.15, 0.2) is 35.4 Å². The van der Waals surface area contributed by atoms with Gasteiger partial charge < -0.3 is 5.73 Å². The Hall–Kier alpha value is -1.22. The number of benzene rings is 1. The Morgan fingerprint density at radius 2 is 1.93 bits per heavy atom. The third-order valence-electron chi connectivity index (χ3n) is 1.82. The van der Waals surface area contributed by atoms with Gasteiger partial charge in [0.2, 0.25) is 0 Å². The van der Waals surface area contributed by atoms with Crippen LogP contribution in [0.25, 0.3) is 10.4 Å². The molecule has 0 aliphatic rings. The highest BCUT2D eigenvalue weighted by Gasteiger charge is 2.12. The van der Waals surface area contributed by atoms with E-state index in [1.54, 1.807) is 0 Å². The smallest absolute Gasteiger partial charge is 0.0773 e. The average molecular weight is 213 g/mol. The Morgan fingerprint density at radius 1 is 1.36 bits per heavy atom. The molecule has 14 heavy (non-hydrogen) atoms. The highest BCUT2D eigenvalue weighted by molar-refractivity contribution is 5.85. The van der Waals surface area contributed by atoms with E-state index in [2.05, 4.69) is 10.0 Å². The molecule has 1 aromatic carbocycles. The van der Waals surface area contributed by atoms with Gasteiger partial charge in [0.05, 0.1) is 6.04 Å². The minimum Gasteiger partial charge on any atom is -0.327 e. The first-order valence-corrected chi connectivity index (χ1v) is 4.10. The van der Waals surface area contributed by atoms with Crippen LogP contribution in [0.3, 0.4) is 0 Å². The molecule has 0 spiro atoms. The van der Waals surface area contributed by atoms with Gasteiger partial charge in [-0.1, -0.05) is 35.4 Å². The van der Waals surface area contributed by atoms with Gasteiger partial charge in [0.15, 0.2) is 0 Å². The lowest BCUT2D eigenvalue weighted by Crippen LogP contribution is -2.22. The van der Waals surface area contributed by atoms with Crippen LogP contribution in [0, 0.1) is 0 Å². The molecule has 0 bridgehead atoms. The van der Waals surface area contributed by atoms with Crippen LogP contribution in [0.1, 0.15) is 18.5 Å². The van der Waals surface area contributed by atoms with Crippen molar-refractivity contribution >= 4 is 12.4 Å². The van der Waals surface area contributed by atoms with Gasteiger partial charge in [0.1, 0.15) is 0 Å². The predicted octanol–water partition coefficient (Wildman–Crippen LogP) is 2.81. The molecule has 1 rings (SSSR count). The second-order valence-corrected chi connectivity index (χ2v) is 2.92. The van der Waals surface area contributed by atoms with Gasteiger partial charge in [-0.15, -0.1) is 12.4 Å². The van der Waals surface area contributed by atoms with Crippen molar-refractivity contribution < 1.29 is 0 Å². The normalized spacial score (nSPS) is 13.3. The van der Waals surface area contributed by atoms with Crippen LogP contribution in [-0.2, 0) is 0 Å². The van der Waals surface area contributed by atoms with Gasteiger partial charge in [-0.05, 0) is 18.0 Å². The minimum atomic E-state index is -0.272. The molecule has 0 fully saturated rings. The van der Waals surface area contributed by atoms with E-state index in [1.165, 1.54) is 0 Å². The zero-order chi connectivity index (χ0) is 9.68. The van der Waals surface area contributed by atoms with Crippen molar-refractivity contribution in [1.29, 1.82) is 0 Å². The first-order chi connectivity index (χ1) is 6.25. The fraction of sp³-hybridized carbons (Fsp3) is 0.333. The zero-order valence-electron chi connectivity index (χ0n) is 7.87. The Labute approximate surface area is 89.2 Å². The molecule has 0 heterocycles. The summed E-state index contributed by atoms with van der Waals surface area (Å²) in [4.78, 5) is 2.78. The first kappa shape index (κ1) is 12.8. The predicted molar refractivity (Wildman–Crippen MR) is 59.2 cm³/mol. The number of hydrogen-bond acceptors (Lipinski definition) is 2. The van der Waals surface area contributed by atoms with E-state index < -0.39 is 0 Å². The third-order valence-corrected chi connectivity index (χ3v) is 1.82. The molecule has 1 aromatic rings. The molecule has 76 valence electrons. The maximum atomic E-state index is 8.35. The molecule has 0 aliphatic carbocycles. The van der Waals surface area contributed by atoms with Crippen molar-refractivity contribution in [2.45, 2.75) is 19.0 Å². The maximum Gasteiger partial charge on any atom is 0.0773 e. The number of halogens is 1. The molecule has 2 atom stereocenters. The molecule has 0 radical (unpaired) electrons. The Bertz CT molecular complexity index is 306. The van der Waals surface area contributed by atoms with E-state index >= 15 is 0 Å². The molecule has 2 N–H and O–H groups in total. The summed E-state index contributed by atoms with van der Waals surface area (Å²) in [7, 11) is 0. The number of azide groups is 1. The third kappa shape index (κ3) is 3.26. The molecule has 0 aliphatic heterocycles. The fourth-order valence-corrected chi connectivity index (χ4v) is 1.18. The molecule has 5 heteroatoms. The van der Waals surface area contributed by atoms with Crippen LogP contribution >= 0.6 is 12.4 Å². The maximum absolute atomic E-state index is 8.35. The largest absolute Gasteiger partial charge is 0.327 e. The van der Waals surface area contributed by atoms with Crippen LogP contribution in [0.4, 0.5) is 0 Å². The fourth-order valence-electron chi connectivity index (χ4n) is 1.18. The second-order valence-electron chi connectivity index (χ2n) is 2.92. The van der Waals surface area contributed by atoms with Gasteiger partial charge in [-0.3, -0.25) is 0 Å². The van der Waals surface area contributed by atoms with Crippen LogP contribution < -0.4 is 5.73 Å². The van der Waals surface area contributed by atoms with E-state index in [-0.39, 0.29) is 24.5 Å². The van der Waals surface area contributed by atoms with Crippen molar-refractivity contribution in [3.63, 3.8) is 0 Å². The quantitative estimate of drug-likeness (QED) is 0.467. The highest BCUT2D eigenvalue weighted by Crippen LogP contribution is 2.19. The summed E-state index contributed by atoms with van der Waals surface area (Å²) < 4.78 is 0. The monoisotopic (exact) mass is 212 g/mol. The second kappa shape index (κ2) is 6.27. The van der Waals surface area contributed by atoms with E-state index in [0.717, 1.165) is 5.56 Å².